The molecule has 1 aromatic rings. The lowest BCUT2D eigenvalue weighted by molar-refractivity contribution is -0.142. The maximum absolute atomic E-state index is 12.4. The molecule has 3 atom stereocenters. The van der Waals surface area contributed by atoms with E-state index in [0.29, 0.717) is 12.0 Å². The van der Waals surface area contributed by atoms with Gasteiger partial charge in [0.05, 0.1) is 19.0 Å². The van der Waals surface area contributed by atoms with Crippen molar-refractivity contribution in [1.29, 1.82) is 0 Å². The van der Waals surface area contributed by atoms with Gasteiger partial charge in [0.2, 0.25) is 17.7 Å². The molecular formula is C21H31N7O7. The summed E-state index contributed by atoms with van der Waals surface area (Å²) in [4.78, 5) is 63.2. The molecule has 3 amide bonds. The van der Waals surface area contributed by atoms with Crippen LogP contribution in [-0.4, -0.2) is 77.0 Å². The number of rotatable bonds is 15. The Labute approximate surface area is 201 Å². The lowest BCUT2D eigenvalue weighted by atomic mass is 10.1. The number of nitrogens with two attached hydrogens (primary N) is 3. The Kier molecular flexibility index (Phi) is 12.2. The molecular weight excluding hydrogens is 462 g/mol. The predicted molar refractivity (Wildman–Crippen MR) is 125 cm³/mol. The van der Waals surface area contributed by atoms with Gasteiger partial charge in [0.15, 0.2) is 5.96 Å². The first-order chi connectivity index (χ1) is 16.5. The van der Waals surface area contributed by atoms with Gasteiger partial charge in [-0.2, -0.15) is 0 Å². The quantitative estimate of drug-likeness (QED) is 0.0710. The van der Waals surface area contributed by atoms with Gasteiger partial charge < -0.3 is 43.4 Å². The molecule has 0 radical (unpaired) electrons. The minimum atomic E-state index is -1.50. The third-order valence-electron chi connectivity index (χ3n) is 4.66. The highest BCUT2D eigenvalue weighted by molar-refractivity contribution is 5.94. The molecule has 11 N–H and O–H groups in total. The van der Waals surface area contributed by atoms with Gasteiger partial charge >= 0.3 is 11.9 Å². The highest BCUT2D eigenvalue weighted by Gasteiger charge is 2.27. The van der Waals surface area contributed by atoms with Crippen molar-refractivity contribution in [3.63, 3.8) is 0 Å². The minimum absolute atomic E-state index is 0.0224. The average molecular weight is 494 g/mol. The fraction of sp³-hybridized carbons (Fsp3) is 0.429. The Bertz CT molecular complexity index is 920. The van der Waals surface area contributed by atoms with Crippen LogP contribution in [0.1, 0.15) is 24.8 Å². The van der Waals surface area contributed by atoms with Crippen LogP contribution >= 0.6 is 0 Å². The maximum Gasteiger partial charge on any atom is 0.326 e. The molecule has 0 fully saturated rings. The molecule has 1 rings (SSSR count). The van der Waals surface area contributed by atoms with Crippen LogP contribution in [0.5, 0.6) is 0 Å². The van der Waals surface area contributed by atoms with E-state index < -0.39 is 60.8 Å². The monoisotopic (exact) mass is 493 g/mol. The number of carbonyl (C=O) groups excluding carboxylic acids is 3. The summed E-state index contributed by atoms with van der Waals surface area (Å²) >= 11 is 0. The van der Waals surface area contributed by atoms with E-state index in [1.165, 1.54) is 0 Å². The smallest absolute Gasteiger partial charge is 0.326 e. The van der Waals surface area contributed by atoms with Crippen LogP contribution in [0, 0.1) is 0 Å². The fourth-order valence-electron chi connectivity index (χ4n) is 2.90. The van der Waals surface area contributed by atoms with E-state index >= 15 is 0 Å². The van der Waals surface area contributed by atoms with E-state index in [4.69, 9.17) is 22.3 Å². The number of carboxylic acids is 2. The van der Waals surface area contributed by atoms with Crippen LogP contribution in [0.2, 0.25) is 0 Å². The van der Waals surface area contributed by atoms with Crippen molar-refractivity contribution < 1.29 is 34.2 Å². The van der Waals surface area contributed by atoms with Crippen molar-refractivity contribution in [3.05, 3.63) is 35.9 Å². The molecule has 192 valence electrons. The molecule has 0 heterocycles. The van der Waals surface area contributed by atoms with E-state index in [0.717, 1.165) is 0 Å². The van der Waals surface area contributed by atoms with Crippen LogP contribution in [0.3, 0.4) is 0 Å². The number of carboxylic acid groups (broad SMARTS) is 2. The molecule has 35 heavy (non-hydrogen) atoms. The summed E-state index contributed by atoms with van der Waals surface area (Å²) in [5.41, 5.74) is 16.8. The molecule has 0 bridgehead atoms. The lowest BCUT2D eigenvalue weighted by Gasteiger charge is -2.20. The van der Waals surface area contributed by atoms with E-state index in [2.05, 4.69) is 20.9 Å². The van der Waals surface area contributed by atoms with Crippen LogP contribution in [-0.2, 0) is 30.4 Å². The Morgan fingerprint density at radius 1 is 0.943 bits per heavy atom. The average Bonchev–Trinajstić information content (AvgIpc) is 2.79. The van der Waals surface area contributed by atoms with Gasteiger partial charge in [-0.25, -0.2) is 4.79 Å². The van der Waals surface area contributed by atoms with Gasteiger partial charge in [0.25, 0.3) is 0 Å². The number of nitrogens with zero attached hydrogens (tertiary/aromatic N) is 1. The first-order valence-electron chi connectivity index (χ1n) is 10.7. The topological polar surface area (TPSA) is 252 Å². The zero-order chi connectivity index (χ0) is 26.4. The van der Waals surface area contributed by atoms with Crippen molar-refractivity contribution in [2.45, 2.75) is 43.8 Å². The minimum Gasteiger partial charge on any atom is -0.481 e. The third kappa shape index (κ3) is 12.0. The summed E-state index contributed by atoms with van der Waals surface area (Å²) in [5, 5.41) is 25.2. The number of hydrogen-bond donors (Lipinski definition) is 8. The number of nitrogens with one attached hydrogen (secondary N) is 3. The number of carbonyl (C=O) groups is 5. The molecule has 0 aliphatic carbocycles. The zero-order valence-corrected chi connectivity index (χ0v) is 19.0. The van der Waals surface area contributed by atoms with Gasteiger partial charge in [0, 0.05) is 13.0 Å². The van der Waals surface area contributed by atoms with Gasteiger partial charge in [-0.1, -0.05) is 30.3 Å². The van der Waals surface area contributed by atoms with Crippen molar-refractivity contribution >= 4 is 35.6 Å². The number of amides is 3. The Morgan fingerprint density at radius 3 is 2.17 bits per heavy atom. The summed E-state index contributed by atoms with van der Waals surface area (Å²) in [6.07, 6.45) is -0.194. The van der Waals surface area contributed by atoms with Crippen molar-refractivity contribution in [2.75, 3.05) is 13.1 Å². The highest BCUT2D eigenvalue weighted by atomic mass is 16.4. The van der Waals surface area contributed by atoms with Gasteiger partial charge in [-0.3, -0.25) is 24.2 Å². The normalized spacial score (nSPS) is 12.9. The van der Waals surface area contributed by atoms with Crippen LogP contribution in [0.15, 0.2) is 35.3 Å². The zero-order valence-electron chi connectivity index (χ0n) is 19.0. The van der Waals surface area contributed by atoms with Crippen molar-refractivity contribution in [2.24, 2.45) is 22.2 Å². The molecule has 3 unspecified atom stereocenters. The van der Waals surface area contributed by atoms with Crippen LogP contribution in [0.4, 0.5) is 0 Å². The number of benzene rings is 1. The Balaban J connectivity index is 2.63. The largest absolute Gasteiger partial charge is 0.481 e. The molecule has 14 heteroatoms. The summed E-state index contributed by atoms with van der Waals surface area (Å²) < 4.78 is 0. The summed E-state index contributed by atoms with van der Waals surface area (Å²) in [6.45, 7) is -0.396. The molecule has 14 nitrogen and oxygen atoms in total. The second kappa shape index (κ2) is 14.8. The third-order valence-corrected chi connectivity index (χ3v) is 4.66. The first-order valence-corrected chi connectivity index (χ1v) is 10.7. The predicted octanol–water partition coefficient (Wildman–Crippen LogP) is -2.74. The van der Waals surface area contributed by atoms with E-state index in [9.17, 15) is 29.1 Å². The molecule has 0 aromatic heterocycles. The fourth-order valence-corrected chi connectivity index (χ4v) is 2.90. The van der Waals surface area contributed by atoms with Crippen molar-refractivity contribution in [1.82, 2.24) is 16.0 Å². The Morgan fingerprint density at radius 2 is 1.60 bits per heavy atom. The van der Waals surface area contributed by atoms with Crippen LogP contribution in [0.25, 0.3) is 0 Å². The van der Waals surface area contributed by atoms with E-state index in [1.807, 2.05) is 0 Å². The highest BCUT2D eigenvalue weighted by Crippen LogP contribution is 2.04. The van der Waals surface area contributed by atoms with Gasteiger partial charge in [-0.15, -0.1) is 0 Å². The van der Waals surface area contributed by atoms with Gasteiger partial charge in [0.1, 0.15) is 12.1 Å². The Hall–Kier alpha value is -4.20. The van der Waals surface area contributed by atoms with E-state index in [-0.39, 0.29) is 25.3 Å². The summed E-state index contributed by atoms with van der Waals surface area (Å²) in [5.74, 6) is -5.27. The molecule has 0 saturated carbocycles. The summed E-state index contributed by atoms with van der Waals surface area (Å²) in [7, 11) is 0. The second-order valence-corrected chi connectivity index (χ2v) is 7.58. The molecule has 0 aliphatic rings. The maximum atomic E-state index is 12.4. The lowest BCUT2D eigenvalue weighted by Crippen LogP contribution is -2.54. The van der Waals surface area contributed by atoms with E-state index in [1.54, 1.807) is 30.3 Å². The number of aliphatic imine (C=N–C) groups is 1. The standard InChI is InChI=1S/C21H31N7O7/c22-13(7-4-8-25-21(23)24)18(32)28-14(10-17(30)31)19(33)26-11-16(29)27-15(20(34)35)9-12-5-2-1-3-6-12/h1-3,5-6,13-15H,4,7-11,22H2,(H,26,33)(H,27,29)(H,28,32)(H,30,31)(H,34,35)(H4,23,24,25). The first kappa shape index (κ1) is 28.8. The number of hydrogen-bond acceptors (Lipinski definition) is 7. The molecule has 0 saturated heterocycles. The summed E-state index contributed by atoms with van der Waals surface area (Å²) in [6, 6.07) is 4.82. The molecule has 0 spiro atoms. The molecule has 1 aromatic carbocycles. The van der Waals surface area contributed by atoms with Crippen molar-refractivity contribution in [3.8, 4) is 0 Å². The number of guanidine groups is 1. The molecule has 0 aliphatic heterocycles. The van der Waals surface area contributed by atoms with Gasteiger partial charge in [-0.05, 0) is 18.4 Å². The second-order valence-electron chi connectivity index (χ2n) is 7.58. The SMILES string of the molecule is NC(N)=NCCCC(N)C(=O)NC(CC(=O)O)C(=O)NCC(=O)NC(Cc1ccccc1)C(=O)O. The number of aliphatic carboxylic acids is 2. The van der Waals surface area contributed by atoms with Crippen LogP contribution < -0.4 is 33.2 Å².